The summed E-state index contributed by atoms with van der Waals surface area (Å²) in [6, 6.07) is 1.09. The lowest BCUT2D eigenvalue weighted by molar-refractivity contribution is 0.0691. The van der Waals surface area contributed by atoms with E-state index in [1.807, 2.05) is 17.7 Å². The highest BCUT2D eigenvalue weighted by atomic mass is 32.2. The van der Waals surface area contributed by atoms with E-state index < -0.39 is 16.0 Å². The molecular weight excluding hydrogens is 288 g/mol. The van der Waals surface area contributed by atoms with Crippen molar-refractivity contribution in [3.05, 3.63) is 39.8 Å². The minimum absolute atomic E-state index is 0.0854. The minimum atomic E-state index is -3.71. The molecule has 0 aliphatic rings. The van der Waals surface area contributed by atoms with E-state index >= 15 is 0 Å². The van der Waals surface area contributed by atoms with Crippen molar-refractivity contribution < 1.29 is 18.3 Å². The number of aromatic carboxylic acids is 1. The van der Waals surface area contributed by atoms with Gasteiger partial charge in [0.1, 0.15) is 10.6 Å². The smallest absolute Gasteiger partial charge is 0.352 e. The molecule has 0 aliphatic heterocycles. The van der Waals surface area contributed by atoms with Crippen molar-refractivity contribution in [3.63, 3.8) is 0 Å². The Morgan fingerprint density at radius 2 is 2.21 bits per heavy atom. The van der Waals surface area contributed by atoms with Crippen molar-refractivity contribution in [2.75, 3.05) is 0 Å². The van der Waals surface area contributed by atoms with Crippen LogP contribution in [0.1, 0.15) is 21.6 Å². The van der Waals surface area contributed by atoms with Crippen LogP contribution in [0.2, 0.25) is 0 Å². The van der Waals surface area contributed by atoms with Gasteiger partial charge in [0.05, 0.1) is 0 Å². The second-order valence-electron chi connectivity index (χ2n) is 3.96. The molecule has 2 aromatic heterocycles. The van der Waals surface area contributed by atoms with Crippen LogP contribution in [0.5, 0.6) is 0 Å². The maximum absolute atomic E-state index is 12.0. The van der Waals surface area contributed by atoms with Gasteiger partial charge in [-0.1, -0.05) is 0 Å². The molecule has 0 aliphatic carbocycles. The predicted octanol–water partition coefficient (Wildman–Crippen LogP) is 1.56. The van der Waals surface area contributed by atoms with Gasteiger partial charge in [-0.3, -0.25) is 0 Å². The van der Waals surface area contributed by atoms with Gasteiger partial charge in [0, 0.05) is 12.7 Å². The van der Waals surface area contributed by atoms with E-state index in [-0.39, 0.29) is 17.1 Å². The zero-order chi connectivity index (χ0) is 14.0. The first-order chi connectivity index (χ1) is 8.90. The van der Waals surface area contributed by atoms with Gasteiger partial charge < -0.3 is 10.1 Å². The molecule has 0 spiro atoms. The van der Waals surface area contributed by atoms with Crippen LogP contribution in [0.25, 0.3) is 0 Å². The first kappa shape index (κ1) is 13.8. The molecule has 0 saturated heterocycles. The monoisotopic (exact) mass is 300 g/mol. The zero-order valence-corrected chi connectivity index (χ0v) is 11.6. The molecule has 0 aromatic carbocycles. The van der Waals surface area contributed by atoms with Crippen LogP contribution in [0.15, 0.2) is 27.9 Å². The van der Waals surface area contributed by atoms with Crippen molar-refractivity contribution in [2.45, 2.75) is 18.4 Å². The molecule has 0 atom stereocenters. The van der Waals surface area contributed by atoms with E-state index in [4.69, 9.17) is 5.11 Å². The maximum atomic E-state index is 12.0. The Morgan fingerprint density at radius 3 is 2.74 bits per heavy atom. The SMILES string of the molecule is Cc1cscc1CNS(=O)(=O)c1c[nH]c(C(=O)O)c1. The van der Waals surface area contributed by atoms with E-state index in [1.165, 1.54) is 11.3 Å². The summed E-state index contributed by atoms with van der Waals surface area (Å²) in [6.07, 6.45) is 1.16. The fraction of sp³-hybridized carbons (Fsp3) is 0.182. The largest absolute Gasteiger partial charge is 0.477 e. The summed E-state index contributed by atoms with van der Waals surface area (Å²) in [5, 5.41) is 12.5. The molecule has 0 saturated carbocycles. The van der Waals surface area contributed by atoms with Crippen LogP contribution in [0.4, 0.5) is 0 Å². The standard InChI is InChI=1S/C11H12N2O4S2/c1-7-5-18-6-8(7)3-13-19(16,17)9-2-10(11(14)15)12-4-9/h2,4-6,12-13H,3H2,1H3,(H,14,15). The molecule has 2 heterocycles. The first-order valence-corrected chi connectivity index (χ1v) is 7.76. The lowest BCUT2D eigenvalue weighted by Gasteiger charge is -2.04. The van der Waals surface area contributed by atoms with Crippen LogP contribution in [0.3, 0.4) is 0 Å². The average Bonchev–Trinajstić information content (AvgIpc) is 2.95. The molecule has 0 unspecified atom stereocenters. The Kier molecular flexibility index (Phi) is 3.74. The number of carboxylic acid groups (broad SMARTS) is 1. The summed E-state index contributed by atoms with van der Waals surface area (Å²) < 4.78 is 26.3. The third-order valence-electron chi connectivity index (χ3n) is 2.61. The number of aromatic nitrogens is 1. The summed E-state index contributed by atoms with van der Waals surface area (Å²) in [7, 11) is -3.71. The predicted molar refractivity (Wildman–Crippen MR) is 70.8 cm³/mol. The van der Waals surface area contributed by atoms with Gasteiger partial charge in [0.15, 0.2) is 0 Å². The molecule has 102 valence electrons. The quantitative estimate of drug-likeness (QED) is 0.780. The molecule has 2 aromatic rings. The van der Waals surface area contributed by atoms with Gasteiger partial charge in [0.2, 0.25) is 10.0 Å². The molecule has 6 nitrogen and oxygen atoms in total. The Morgan fingerprint density at radius 1 is 1.47 bits per heavy atom. The summed E-state index contributed by atoms with van der Waals surface area (Å²) in [4.78, 5) is 13.0. The van der Waals surface area contributed by atoms with Gasteiger partial charge in [-0.15, -0.1) is 0 Å². The van der Waals surface area contributed by atoms with Crippen molar-refractivity contribution in [2.24, 2.45) is 0 Å². The van der Waals surface area contributed by atoms with Crippen LogP contribution in [-0.4, -0.2) is 24.5 Å². The summed E-state index contributed by atoms with van der Waals surface area (Å²) >= 11 is 1.50. The highest BCUT2D eigenvalue weighted by Crippen LogP contribution is 2.15. The van der Waals surface area contributed by atoms with E-state index in [2.05, 4.69) is 9.71 Å². The normalized spacial score (nSPS) is 11.6. The second kappa shape index (κ2) is 5.16. The molecule has 3 N–H and O–H groups in total. The summed E-state index contributed by atoms with van der Waals surface area (Å²) in [6.45, 7) is 2.09. The van der Waals surface area contributed by atoms with E-state index in [1.54, 1.807) is 0 Å². The van der Waals surface area contributed by atoms with E-state index in [9.17, 15) is 13.2 Å². The third kappa shape index (κ3) is 3.03. The third-order valence-corrected chi connectivity index (χ3v) is 4.90. The minimum Gasteiger partial charge on any atom is -0.477 e. The van der Waals surface area contributed by atoms with Gasteiger partial charge in [-0.2, -0.15) is 11.3 Å². The lowest BCUT2D eigenvalue weighted by Crippen LogP contribution is -2.22. The Bertz CT molecular complexity index is 700. The Labute approximate surface area is 114 Å². The van der Waals surface area contributed by atoms with Crippen molar-refractivity contribution >= 4 is 27.3 Å². The maximum Gasteiger partial charge on any atom is 0.352 e. The van der Waals surface area contributed by atoms with Gasteiger partial charge in [0.25, 0.3) is 0 Å². The first-order valence-electron chi connectivity index (χ1n) is 5.33. The zero-order valence-electron chi connectivity index (χ0n) is 10.0. The average molecular weight is 300 g/mol. The number of hydrogen-bond donors (Lipinski definition) is 3. The molecular formula is C11H12N2O4S2. The van der Waals surface area contributed by atoms with Crippen LogP contribution < -0.4 is 4.72 Å². The topological polar surface area (TPSA) is 99.3 Å². The Hall–Kier alpha value is -1.64. The van der Waals surface area contributed by atoms with Crippen molar-refractivity contribution in [1.29, 1.82) is 0 Å². The van der Waals surface area contributed by atoms with Crippen molar-refractivity contribution in [1.82, 2.24) is 9.71 Å². The highest BCUT2D eigenvalue weighted by molar-refractivity contribution is 7.89. The number of carboxylic acids is 1. The van der Waals surface area contributed by atoms with Crippen molar-refractivity contribution in [3.8, 4) is 0 Å². The molecule has 19 heavy (non-hydrogen) atoms. The fourth-order valence-corrected chi connectivity index (χ4v) is 3.33. The number of aromatic amines is 1. The number of rotatable bonds is 5. The number of thiophene rings is 1. The molecule has 0 radical (unpaired) electrons. The number of sulfonamides is 1. The molecule has 2 rings (SSSR count). The van der Waals surface area contributed by atoms with Gasteiger partial charge >= 0.3 is 5.97 Å². The number of aryl methyl sites for hydroxylation is 1. The number of nitrogens with one attached hydrogen (secondary N) is 2. The number of H-pyrrole nitrogens is 1. The van der Waals surface area contributed by atoms with Gasteiger partial charge in [-0.05, 0) is 34.9 Å². The molecule has 0 bridgehead atoms. The van der Waals surface area contributed by atoms with Crippen LogP contribution in [0, 0.1) is 6.92 Å². The fourth-order valence-electron chi connectivity index (χ4n) is 1.48. The van der Waals surface area contributed by atoms with E-state index in [0.717, 1.165) is 23.4 Å². The molecule has 8 heteroatoms. The number of carbonyl (C=O) groups is 1. The summed E-state index contributed by atoms with van der Waals surface area (Å²) in [5.74, 6) is -1.20. The lowest BCUT2D eigenvalue weighted by atomic mass is 10.2. The highest BCUT2D eigenvalue weighted by Gasteiger charge is 2.18. The van der Waals surface area contributed by atoms with Crippen LogP contribution in [-0.2, 0) is 16.6 Å². The van der Waals surface area contributed by atoms with Crippen LogP contribution >= 0.6 is 11.3 Å². The second-order valence-corrected chi connectivity index (χ2v) is 6.47. The number of hydrogen-bond acceptors (Lipinski definition) is 4. The van der Waals surface area contributed by atoms with Gasteiger partial charge in [-0.25, -0.2) is 17.9 Å². The Balaban J connectivity index is 2.14. The summed E-state index contributed by atoms with van der Waals surface area (Å²) in [5.41, 5.74) is 1.77. The molecule has 0 fully saturated rings. The molecule has 0 amide bonds. The van der Waals surface area contributed by atoms with E-state index in [0.29, 0.717) is 0 Å².